The van der Waals surface area contributed by atoms with Crippen molar-refractivity contribution in [3.63, 3.8) is 0 Å². The zero-order valence-corrected chi connectivity index (χ0v) is 30.5. The molecule has 2 nitrogen and oxygen atoms in total. The van der Waals surface area contributed by atoms with Crippen LogP contribution >= 0.6 is 94.1 Å². The number of carbonyl (C=O) groups is 2. The Kier molecular flexibility index (Phi) is 16.4. The van der Waals surface area contributed by atoms with Crippen LogP contribution in [-0.2, 0) is 9.59 Å². The fourth-order valence-electron chi connectivity index (χ4n) is 4.01. The van der Waals surface area contributed by atoms with Crippen molar-refractivity contribution in [3.05, 3.63) is 48.6 Å². The van der Waals surface area contributed by atoms with Gasteiger partial charge in [0.1, 0.15) is 0 Å². The van der Waals surface area contributed by atoms with E-state index in [2.05, 4.69) is 98.3 Å². The molecule has 0 bridgehead atoms. The van der Waals surface area contributed by atoms with Gasteiger partial charge in [0.15, 0.2) is 0 Å². The van der Waals surface area contributed by atoms with Crippen molar-refractivity contribution < 1.29 is 9.59 Å². The quantitative estimate of drug-likeness (QED) is 0.124. The molecule has 2 aliphatic heterocycles. The lowest BCUT2D eigenvalue weighted by molar-refractivity contribution is -0.108. The molecular formula is C30H42O2S8. The zero-order valence-electron chi connectivity index (χ0n) is 23.9. The first kappa shape index (κ1) is 35.3. The van der Waals surface area contributed by atoms with Gasteiger partial charge < -0.3 is 0 Å². The first-order valence-corrected chi connectivity index (χ1v) is 21.7. The van der Waals surface area contributed by atoms with Crippen LogP contribution in [0.3, 0.4) is 0 Å². The van der Waals surface area contributed by atoms with E-state index >= 15 is 0 Å². The van der Waals surface area contributed by atoms with Crippen LogP contribution in [0.2, 0.25) is 0 Å². The molecular weight excluding hydrogens is 649 g/mol. The van der Waals surface area contributed by atoms with Gasteiger partial charge in [-0.15, -0.1) is 70.6 Å². The largest absolute Gasteiger partial charge is 0.282 e. The fraction of sp³-hybridized carbons (Fsp3) is 0.600. The lowest BCUT2D eigenvalue weighted by atomic mass is 10.1. The van der Waals surface area contributed by atoms with Gasteiger partial charge in [0.2, 0.25) is 10.2 Å². The molecule has 222 valence electrons. The number of thioether (sulfide) groups is 8. The molecule has 0 amide bonds. The summed E-state index contributed by atoms with van der Waals surface area (Å²) in [7, 11) is 0. The second kappa shape index (κ2) is 18.6. The molecule has 0 spiro atoms. The van der Waals surface area contributed by atoms with Crippen LogP contribution in [0.15, 0.2) is 58.4 Å². The van der Waals surface area contributed by atoms with Crippen LogP contribution in [0.4, 0.5) is 0 Å². The van der Waals surface area contributed by atoms with E-state index in [0.29, 0.717) is 42.6 Å². The van der Waals surface area contributed by atoms with Crippen LogP contribution in [0.5, 0.6) is 0 Å². The van der Waals surface area contributed by atoms with Crippen LogP contribution in [-0.4, -0.2) is 64.4 Å². The van der Waals surface area contributed by atoms with Gasteiger partial charge in [0, 0.05) is 54.8 Å². The van der Waals surface area contributed by atoms with E-state index in [1.807, 2.05) is 23.5 Å². The molecule has 0 aliphatic carbocycles. The zero-order chi connectivity index (χ0) is 29.1. The van der Waals surface area contributed by atoms with Gasteiger partial charge in [-0.25, -0.2) is 0 Å². The molecule has 2 fully saturated rings. The molecule has 3 rings (SSSR count). The van der Waals surface area contributed by atoms with Crippen molar-refractivity contribution in [3.8, 4) is 0 Å². The normalized spacial score (nSPS) is 24.1. The molecule has 0 radical (unpaired) electrons. The molecule has 1 aromatic rings. The Bertz CT molecular complexity index is 919. The van der Waals surface area contributed by atoms with Crippen molar-refractivity contribution in [2.45, 2.75) is 70.0 Å². The van der Waals surface area contributed by atoms with Crippen LogP contribution in [0.1, 0.15) is 40.5 Å². The van der Waals surface area contributed by atoms with E-state index in [0.717, 1.165) is 34.5 Å². The van der Waals surface area contributed by atoms with E-state index in [4.69, 9.17) is 0 Å². The highest BCUT2D eigenvalue weighted by Gasteiger charge is 2.33. The molecule has 6 unspecified atom stereocenters. The maximum Gasteiger partial charge on any atom is 0.214 e. The minimum absolute atomic E-state index is 0.135. The van der Waals surface area contributed by atoms with Gasteiger partial charge in [0.25, 0.3) is 0 Å². The van der Waals surface area contributed by atoms with E-state index < -0.39 is 0 Å². The smallest absolute Gasteiger partial charge is 0.214 e. The van der Waals surface area contributed by atoms with Crippen molar-refractivity contribution in [2.24, 2.45) is 11.8 Å². The molecule has 0 N–H and O–H groups in total. The van der Waals surface area contributed by atoms with Gasteiger partial charge in [0.05, 0.1) is 9.16 Å². The van der Waals surface area contributed by atoms with Crippen molar-refractivity contribution in [2.75, 3.05) is 34.5 Å². The monoisotopic (exact) mass is 690 g/mol. The summed E-state index contributed by atoms with van der Waals surface area (Å²) in [6, 6.07) is 9.18. The molecule has 0 saturated carbocycles. The molecule has 2 heterocycles. The van der Waals surface area contributed by atoms with Crippen molar-refractivity contribution >= 4 is 104 Å². The molecule has 10 heteroatoms. The Morgan fingerprint density at radius 3 is 1.48 bits per heavy atom. The highest BCUT2D eigenvalue weighted by molar-refractivity contribution is 8.22. The summed E-state index contributed by atoms with van der Waals surface area (Å²) in [5.74, 6) is 7.72. The van der Waals surface area contributed by atoms with Crippen molar-refractivity contribution in [1.82, 2.24) is 0 Å². The summed E-state index contributed by atoms with van der Waals surface area (Å²) in [5, 5.41) is 1.39. The SMILES string of the molecule is C=C(C)C(=O)SCC1CSC(C(CC)CSc2ccc(SCC(CC)C3SCC(CSC(=O)C(=C)C)S3)cc2)S1. The summed E-state index contributed by atoms with van der Waals surface area (Å²) in [4.78, 5) is 26.5. The highest BCUT2D eigenvalue weighted by Crippen LogP contribution is 2.47. The second-order valence-corrected chi connectivity index (χ2v) is 20.1. The third kappa shape index (κ3) is 11.7. The van der Waals surface area contributed by atoms with Gasteiger partial charge in [-0.1, -0.05) is 63.4 Å². The summed E-state index contributed by atoms with van der Waals surface area (Å²) >= 11 is 15.2. The van der Waals surface area contributed by atoms with Crippen LogP contribution < -0.4 is 0 Å². The van der Waals surface area contributed by atoms with Crippen LogP contribution in [0, 0.1) is 11.8 Å². The Labute approximate surface area is 276 Å². The Morgan fingerprint density at radius 1 is 0.775 bits per heavy atom. The van der Waals surface area contributed by atoms with Crippen LogP contribution in [0.25, 0.3) is 0 Å². The molecule has 2 saturated heterocycles. The van der Waals surface area contributed by atoms with Gasteiger partial charge >= 0.3 is 0 Å². The molecule has 2 aliphatic rings. The minimum atomic E-state index is 0.135. The van der Waals surface area contributed by atoms with Gasteiger partial charge in [-0.3, -0.25) is 9.59 Å². The maximum absolute atomic E-state index is 11.9. The van der Waals surface area contributed by atoms with E-state index in [-0.39, 0.29) is 10.2 Å². The van der Waals surface area contributed by atoms with Gasteiger partial charge in [-0.2, -0.15) is 0 Å². The number of benzene rings is 1. The number of hydrogen-bond donors (Lipinski definition) is 0. The topological polar surface area (TPSA) is 34.1 Å². The minimum Gasteiger partial charge on any atom is -0.282 e. The Hall–Kier alpha value is 0.840. The summed E-state index contributed by atoms with van der Waals surface area (Å²) in [5.41, 5.74) is 1.30. The second-order valence-electron chi connectivity index (χ2n) is 10.1. The lowest BCUT2D eigenvalue weighted by Crippen LogP contribution is -2.15. The number of hydrogen-bond acceptors (Lipinski definition) is 10. The predicted octanol–water partition coefficient (Wildman–Crippen LogP) is 9.94. The summed E-state index contributed by atoms with van der Waals surface area (Å²) in [6.45, 7) is 15.8. The summed E-state index contributed by atoms with van der Waals surface area (Å²) < 4.78 is 1.25. The van der Waals surface area contributed by atoms with E-state index in [1.165, 1.54) is 46.2 Å². The molecule has 1 aromatic carbocycles. The molecule has 40 heavy (non-hydrogen) atoms. The molecule has 6 atom stereocenters. The fourth-order valence-corrected chi connectivity index (χ4v) is 16.7. The first-order chi connectivity index (χ1) is 19.2. The van der Waals surface area contributed by atoms with E-state index in [1.54, 1.807) is 13.8 Å². The third-order valence-corrected chi connectivity index (χ3v) is 19.1. The third-order valence-electron chi connectivity index (χ3n) is 6.61. The lowest BCUT2D eigenvalue weighted by Gasteiger charge is -2.21. The maximum atomic E-state index is 11.9. The standard InChI is InChI=1S/C30H42O2S8/c1-7-21(29-37-17-25(39-29)15-35-27(31)19(3)4)13-33-23-9-11-24(12-10-23)34-14-22(8-2)30-38-18-26(40-30)16-36-28(32)20(5)6/h9-12,21-22,25-26,29-30H,3,5,7-8,13-18H2,1-2,4,6H3. The number of carbonyl (C=O) groups excluding carboxylic acids is 2. The summed E-state index contributed by atoms with van der Waals surface area (Å²) in [6.07, 6.45) is 2.38. The van der Waals surface area contributed by atoms with E-state index in [9.17, 15) is 9.59 Å². The Morgan fingerprint density at radius 2 is 1.15 bits per heavy atom. The average molecular weight is 691 g/mol. The van der Waals surface area contributed by atoms with Gasteiger partial charge in [-0.05, 0) is 61.1 Å². The average Bonchev–Trinajstić information content (AvgIpc) is 3.62. The number of rotatable bonds is 16. The van der Waals surface area contributed by atoms with Crippen molar-refractivity contribution in [1.29, 1.82) is 0 Å². The predicted molar refractivity (Wildman–Crippen MR) is 195 cm³/mol. The Balaban J connectivity index is 1.38. The molecule has 0 aromatic heterocycles. The highest BCUT2D eigenvalue weighted by atomic mass is 32.2. The first-order valence-electron chi connectivity index (χ1n) is 13.7.